The van der Waals surface area contributed by atoms with Crippen LogP contribution < -0.4 is 13.8 Å². The van der Waals surface area contributed by atoms with Crippen LogP contribution in [0.1, 0.15) is 6.92 Å². The molecule has 0 fully saturated rings. The molecule has 2 aromatic carbocycles. The minimum absolute atomic E-state index is 0.166. The van der Waals surface area contributed by atoms with Gasteiger partial charge in [-0.3, -0.25) is 4.31 Å². The molecule has 23 heavy (non-hydrogen) atoms. The summed E-state index contributed by atoms with van der Waals surface area (Å²) >= 11 is 3.31. The molecule has 0 N–H and O–H groups in total. The number of sulfonamides is 1. The summed E-state index contributed by atoms with van der Waals surface area (Å²) in [6.45, 7) is 2.31. The fraction of sp³-hybridized carbons (Fsp3) is 0.250. The van der Waals surface area contributed by atoms with Crippen molar-refractivity contribution in [2.24, 2.45) is 0 Å². The largest absolute Gasteiger partial charge is 0.496 e. The van der Waals surface area contributed by atoms with Crippen molar-refractivity contribution in [2.75, 3.05) is 25.1 Å². The summed E-state index contributed by atoms with van der Waals surface area (Å²) in [5.74, 6) is 1.09. The van der Waals surface area contributed by atoms with Gasteiger partial charge in [0, 0.05) is 7.05 Å². The second-order valence-electron chi connectivity index (χ2n) is 4.67. The van der Waals surface area contributed by atoms with E-state index in [9.17, 15) is 8.42 Å². The highest BCUT2D eigenvalue weighted by Gasteiger charge is 2.24. The Hall–Kier alpha value is -1.73. The molecule has 2 rings (SSSR count). The Morgan fingerprint density at radius 3 is 2.43 bits per heavy atom. The number of methoxy groups -OCH3 is 1. The minimum Gasteiger partial charge on any atom is -0.496 e. The number of hydrogen-bond donors (Lipinski definition) is 0. The van der Waals surface area contributed by atoms with E-state index < -0.39 is 10.0 Å². The lowest BCUT2D eigenvalue weighted by Crippen LogP contribution is -2.27. The zero-order valence-electron chi connectivity index (χ0n) is 13.1. The van der Waals surface area contributed by atoms with E-state index in [1.807, 2.05) is 6.92 Å². The second kappa shape index (κ2) is 7.23. The minimum atomic E-state index is -3.71. The number of hydrogen-bond acceptors (Lipinski definition) is 4. The Balaban J connectivity index is 2.45. The van der Waals surface area contributed by atoms with Crippen molar-refractivity contribution in [3.8, 4) is 11.5 Å². The SMILES string of the molecule is CCOc1ccccc1N(C)S(=O)(=O)c1ccc(OC)c(Br)c1. The van der Waals surface area contributed by atoms with E-state index in [0.717, 1.165) is 0 Å². The van der Waals surface area contributed by atoms with Gasteiger partial charge in [-0.15, -0.1) is 0 Å². The molecule has 5 nitrogen and oxygen atoms in total. The van der Waals surface area contributed by atoms with Crippen molar-refractivity contribution in [2.45, 2.75) is 11.8 Å². The van der Waals surface area contributed by atoms with E-state index in [1.165, 1.54) is 30.6 Å². The van der Waals surface area contributed by atoms with Gasteiger partial charge in [-0.1, -0.05) is 12.1 Å². The first-order chi connectivity index (χ1) is 10.9. The van der Waals surface area contributed by atoms with Crippen LogP contribution in [0.4, 0.5) is 5.69 Å². The summed E-state index contributed by atoms with van der Waals surface area (Å²) < 4.78 is 38.1. The lowest BCUT2D eigenvalue weighted by molar-refractivity contribution is 0.341. The molecule has 0 aliphatic carbocycles. The molecule has 0 saturated carbocycles. The van der Waals surface area contributed by atoms with Crippen LogP contribution >= 0.6 is 15.9 Å². The van der Waals surface area contributed by atoms with Gasteiger partial charge in [0.1, 0.15) is 11.5 Å². The first kappa shape index (κ1) is 17.6. The molecule has 2 aromatic rings. The number of anilines is 1. The van der Waals surface area contributed by atoms with Gasteiger partial charge in [0.25, 0.3) is 10.0 Å². The van der Waals surface area contributed by atoms with Crippen molar-refractivity contribution < 1.29 is 17.9 Å². The van der Waals surface area contributed by atoms with Crippen molar-refractivity contribution in [1.82, 2.24) is 0 Å². The molecule has 0 aromatic heterocycles. The number of halogens is 1. The zero-order valence-corrected chi connectivity index (χ0v) is 15.5. The van der Waals surface area contributed by atoms with Crippen molar-refractivity contribution in [3.05, 3.63) is 46.9 Å². The van der Waals surface area contributed by atoms with Gasteiger partial charge < -0.3 is 9.47 Å². The van der Waals surface area contributed by atoms with Crippen LogP contribution in [0.15, 0.2) is 51.8 Å². The summed E-state index contributed by atoms with van der Waals surface area (Å²) in [4.78, 5) is 0.166. The average molecular weight is 400 g/mol. The van der Waals surface area contributed by atoms with Crippen molar-refractivity contribution in [1.29, 1.82) is 0 Å². The zero-order chi connectivity index (χ0) is 17.0. The van der Waals surface area contributed by atoms with Crippen LogP contribution in [0.3, 0.4) is 0 Å². The predicted molar refractivity (Wildman–Crippen MR) is 93.9 cm³/mol. The molecule has 0 spiro atoms. The maximum atomic E-state index is 12.8. The Labute approximate surface area is 145 Å². The number of benzene rings is 2. The maximum absolute atomic E-state index is 12.8. The first-order valence-electron chi connectivity index (χ1n) is 6.96. The molecular formula is C16H18BrNO4S. The maximum Gasteiger partial charge on any atom is 0.264 e. The van der Waals surface area contributed by atoms with Gasteiger partial charge >= 0.3 is 0 Å². The lowest BCUT2D eigenvalue weighted by Gasteiger charge is -2.22. The number of ether oxygens (including phenoxy) is 2. The Bertz CT molecular complexity index is 792. The molecule has 0 saturated heterocycles. The summed E-state index contributed by atoms with van der Waals surface area (Å²) in [6, 6.07) is 11.7. The molecular weight excluding hydrogens is 382 g/mol. The fourth-order valence-electron chi connectivity index (χ4n) is 2.09. The van der Waals surface area contributed by atoms with E-state index >= 15 is 0 Å². The summed E-state index contributed by atoms with van der Waals surface area (Å²) in [5.41, 5.74) is 0.487. The molecule has 0 bridgehead atoms. The quantitative estimate of drug-likeness (QED) is 0.743. The molecule has 0 radical (unpaired) electrons. The summed E-state index contributed by atoms with van der Waals surface area (Å²) in [6.07, 6.45) is 0. The van der Waals surface area contributed by atoms with E-state index in [2.05, 4.69) is 15.9 Å². The van der Waals surface area contributed by atoms with Gasteiger partial charge in [0.05, 0.1) is 28.8 Å². The highest BCUT2D eigenvalue weighted by atomic mass is 79.9. The van der Waals surface area contributed by atoms with E-state index in [1.54, 1.807) is 30.3 Å². The standard InChI is InChI=1S/C16H18BrNO4S/c1-4-22-16-8-6-5-7-14(16)18(2)23(19,20)12-9-10-15(21-3)13(17)11-12/h5-11H,4H2,1-3H3. The highest BCUT2D eigenvalue weighted by molar-refractivity contribution is 9.10. The van der Waals surface area contributed by atoms with Gasteiger partial charge in [0.15, 0.2) is 0 Å². The molecule has 124 valence electrons. The Morgan fingerprint density at radius 2 is 1.83 bits per heavy atom. The normalized spacial score (nSPS) is 11.1. The third-order valence-electron chi connectivity index (χ3n) is 3.29. The molecule has 7 heteroatoms. The number of nitrogens with zero attached hydrogens (tertiary/aromatic N) is 1. The van der Waals surface area contributed by atoms with E-state index in [4.69, 9.17) is 9.47 Å². The van der Waals surface area contributed by atoms with E-state index in [-0.39, 0.29) is 4.90 Å². The molecule has 0 aliphatic rings. The Morgan fingerprint density at radius 1 is 1.13 bits per heavy atom. The molecule has 0 unspecified atom stereocenters. The van der Waals surface area contributed by atoms with Crippen LogP contribution in [0, 0.1) is 0 Å². The lowest BCUT2D eigenvalue weighted by atomic mass is 10.3. The molecule has 0 atom stereocenters. The summed E-state index contributed by atoms with van der Waals surface area (Å²) in [7, 11) is -0.681. The Kier molecular flexibility index (Phi) is 5.54. The fourth-order valence-corrected chi connectivity index (χ4v) is 4.02. The average Bonchev–Trinajstić information content (AvgIpc) is 2.55. The second-order valence-corrected chi connectivity index (χ2v) is 7.49. The monoisotopic (exact) mass is 399 g/mol. The van der Waals surface area contributed by atoms with Crippen LogP contribution in [0.25, 0.3) is 0 Å². The van der Waals surface area contributed by atoms with Crippen LogP contribution in [-0.4, -0.2) is 29.2 Å². The van der Waals surface area contributed by atoms with Crippen LogP contribution in [0.5, 0.6) is 11.5 Å². The topological polar surface area (TPSA) is 55.8 Å². The first-order valence-corrected chi connectivity index (χ1v) is 9.19. The van der Waals surface area contributed by atoms with Crippen molar-refractivity contribution in [3.63, 3.8) is 0 Å². The smallest absolute Gasteiger partial charge is 0.264 e. The molecule has 0 heterocycles. The number of para-hydroxylation sites is 2. The third-order valence-corrected chi connectivity index (χ3v) is 5.67. The molecule has 0 aliphatic heterocycles. The van der Waals surface area contributed by atoms with Gasteiger partial charge in [-0.05, 0) is 53.2 Å². The number of rotatable bonds is 6. The van der Waals surface area contributed by atoms with Gasteiger partial charge in [-0.25, -0.2) is 8.42 Å². The summed E-state index contributed by atoms with van der Waals surface area (Å²) in [5, 5.41) is 0. The van der Waals surface area contributed by atoms with Crippen molar-refractivity contribution >= 4 is 31.6 Å². The predicted octanol–water partition coefficient (Wildman–Crippen LogP) is 3.68. The molecule has 0 amide bonds. The van der Waals surface area contributed by atoms with Crippen LogP contribution in [0.2, 0.25) is 0 Å². The van der Waals surface area contributed by atoms with Gasteiger partial charge in [-0.2, -0.15) is 0 Å². The third kappa shape index (κ3) is 3.61. The van der Waals surface area contributed by atoms with E-state index in [0.29, 0.717) is 28.3 Å². The van der Waals surface area contributed by atoms with Crippen LogP contribution in [-0.2, 0) is 10.0 Å². The highest BCUT2D eigenvalue weighted by Crippen LogP contribution is 2.33. The van der Waals surface area contributed by atoms with Gasteiger partial charge in [0.2, 0.25) is 0 Å².